The quantitative estimate of drug-likeness (QED) is 0.415. The summed E-state index contributed by atoms with van der Waals surface area (Å²) in [5.41, 5.74) is 1.06. The van der Waals surface area contributed by atoms with Gasteiger partial charge in [0.25, 0.3) is 5.95 Å². The van der Waals surface area contributed by atoms with E-state index in [4.69, 9.17) is 23.2 Å². The Balaban J connectivity index is 2.16. The first-order valence-electron chi connectivity index (χ1n) is 9.45. The average Bonchev–Trinajstić information content (AvgIpc) is 2.64. The lowest BCUT2D eigenvalue weighted by atomic mass is 10.0. The van der Waals surface area contributed by atoms with Crippen LogP contribution in [0.1, 0.15) is 20.8 Å². The van der Waals surface area contributed by atoms with Crippen LogP contribution in [-0.2, 0) is 0 Å². The number of rotatable bonds is 4. The fourth-order valence-corrected chi connectivity index (χ4v) is 3.31. The third-order valence-corrected chi connectivity index (χ3v) is 4.54. The van der Waals surface area contributed by atoms with Crippen LogP contribution < -0.4 is 10.6 Å². The van der Waals surface area contributed by atoms with Gasteiger partial charge in [-0.15, -0.1) is 0 Å². The number of carbonyl (C=O) groups is 1. The molecule has 2 aromatic heterocycles. The first-order chi connectivity index (χ1) is 14.5. The van der Waals surface area contributed by atoms with Crippen molar-refractivity contribution < 1.29 is 4.79 Å². The molecule has 0 saturated carbocycles. The average molecular weight is 460 g/mol. The Kier molecular flexibility index (Phi) is 6.62. The van der Waals surface area contributed by atoms with Crippen LogP contribution in [0.25, 0.3) is 22.2 Å². The third-order valence-electron chi connectivity index (χ3n) is 3.91. The second kappa shape index (κ2) is 9.03. The van der Waals surface area contributed by atoms with Crippen molar-refractivity contribution >= 4 is 58.4 Å². The molecule has 0 aliphatic carbocycles. The number of hydrogen-bond acceptors (Lipinski definition) is 5. The van der Waals surface area contributed by atoms with Crippen LogP contribution in [0.5, 0.6) is 0 Å². The van der Waals surface area contributed by atoms with Gasteiger partial charge in [0, 0.05) is 42.3 Å². The van der Waals surface area contributed by atoms with E-state index in [9.17, 15) is 4.79 Å². The number of fused-ring (bicyclic) bond motifs is 1. The van der Waals surface area contributed by atoms with Crippen molar-refractivity contribution in [2.24, 2.45) is 4.99 Å². The van der Waals surface area contributed by atoms with Gasteiger partial charge in [-0.2, -0.15) is 4.98 Å². The number of aromatic nitrogens is 3. The number of carbonyl (C=O) groups excluding carboxylic acids is 1. The first-order valence-corrected chi connectivity index (χ1v) is 10.2. The molecule has 0 atom stereocenters. The Morgan fingerprint density at radius 2 is 1.84 bits per heavy atom. The molecule has 3 aromatic rings. The van der Waals surface area contributed by atoms with Crippen molar-refractivity contribution in [1.29, 1.82) is 0 Å². The van der Waals surface area contributed by atoms with Crippen molar-refractivity contribution in [2.75, 3.05) is 19.4 Å². The molecule has 0 unspecified atom stereocenters. The van der Waals surface area contributed by atoms with Gasteiger partial charge in [-0.3, -0.25) is 5.32 Å². The van der Waals surface area contributed by atoms with E-state index in [-0.39, 0.29) is 11.8 Å². The minimum Gasteiger partial charge on any atom is -0.369 e. The molecule has 31 heavy (non-hydrogen) atoms. The Morgan fingerprint density at radius 3 is 2.45 bits per heavy atom. The van der Waals surface area contributed by atoms with Gasteiger partial charge in [0.1, 0.15) is 5.82 Å². The smallest absolute Gasteiger partial charge is 0.320 e. The molecule has 0 fully saturated rings. The van der Waals surface area contributed by atoms with Gasteiger partial charge in [0.05, 0.1) is 16.4 Å². The highest BCUT2D eigenvalue weighted by atomic mass is 35.5. The number of hydrogen-bond donors (Lipinski definition) is 2. The largest absolute Gasteiger partial charge is 0.369 e. The lowest BCUT2D eigenvalue weighted by Crippen LogP contribution is -2.43. The molecule has 0 aliphatic heterocycles. The van der Waals surface area contributed by atoms with Crippen LogP contribution in [0.4, 0.5) is 16.6 Å². The summed E-state index contributed by atoms with van der Waals surface area (Å²) in [7, 11) is 3.69. The van der Waals surface area contributed by atoms with Crippen LogP contribution in [0, 0.1) is 0 Å². The van der Waals surface area contributed by atoms with Crippen LogP contribution >= 0.6 is 23.2 Å². The number of nitrogens with zero attached hydrogens (tertiary/aromatic N) is 5. The Bertz CT molecular complexity index is 1140. The van der Waals surface area contributed by atoms with Crippen LogP contribution in [0.2, 0.25) is 10.0 Å². The van der Waals surface area contributed by atoms with Crippen molar-refractivity contribution in [3.05, 3.63) is 40.5 Å². The van der Waals surface area contributed by atoms with E-state index in [2.05, 4.69) is 30.6 Å². The molecule has 1 aromatic carbocycles. The van der Waals surface area contributed by atoms with E-state index < -0.39 is 11.6 Å². The molecule has 3 rings (SSSR count). The van der Waals surface area contributed by atoms with E-state index >= 15 is 0 Å². The number of halogens is 2. The minimum absolute atomic E-state index is 0.252. The fraction of sp³-hybridized carbons (Fsp3) is 0.286. The summed E-state index contributed by atoms with van der Waals surface area (Å²) in [5.74, 6) is 0.521. The van der Waals surface area contributed by atoms with E-state index in [1.54, 1.807) is 41.7 Å². The van der Waals surface area contributed by atoms with Crippen LogP contribution in [-0.4, -0.2) is 51.9 Å². The van der Waals surface area contributed by atoms with Gasteiger partial charge < -0.3 is 10.2 Å². The standard InChI is InChI=1S/C21H23Cl2N7O/c1-21(2,3)29-20(31)28-18-13(16-14(22)7-6-8-15(16)23)9-12-10-24-19(25-11-30(4)5)27-17(12)26-18/h6-11H,1-5H3,(H2,24,26,27,28,29,31)/b25-11-. The second-order valence-corrected chi connectivity index (χ2v) is 8.92. The molecule has 2 heterocycles. The molecule has 0 saturated heterocycles. The molecule has 2 N–H and O–H groups in total. The number of benzene rings is 1. The topological polar surface area (TPSA) is 95.4 Å². The zero-order chi connectivity index (χ0) is 22.8. The highest BCUT2D eigenvalue weighted by molar-refractivity contribution is 6.39. The van der Waals surface area contributed by atoms with Gasteiger partial charge in [-0.25, -0.2) is 19.8 Å². The highest BCUT2D eigenvalue weighted by Crippen LogP contribution is 2.39. The summed E-state index contributed by atoms with van der Waals surface area (Å²) in [6.45, 7) is 5.65. The maximum atomic E-state index is 12.6. The number of nitrogens with one attached hydrogen (secondary N) is 2. The molecule has 0 radical (unpaired) electrons. The summed E-state index contributed by atoms with van der Waals surface area (Å²) in [6, 6.07) is 6.58. The minimum atomic E-state index is -0.431. The number of urea groups is 1. The Morgan fingerprint density at radius 1 is 1.16 bits per heavy atom. The van der Waals surface area contributed by atoms with Crippen molar-refractivity contribution in [2.45, 2.75) is 26.3 Å². The van der Waals surface area contributed by atoms with Gasteiger partial charge in [0.2, 0.25) is 0 Å². The zero-order valence-corrected chi connectivity index (χ0v) is 19.4. The molecular weight excluding hydrogens is 437 g/mol. The zero-order valence-electron chi connectivity index (χ0n) is 17.9. The number of anilines is 1. The van der Waals surface area contributed by atoms with E-state index in [0.29, 0.717) is 32.2 Å². The second-order valence-electron chi connectivity index (χ2n) is 8.10. The van der Waals surface area contributed by atoms with E-state index in [0.717, 1.165) is 0 Å². The number of aliphatic imine (C=N–C) groups is 1. The molecule has 10 heteroatoms. The Hall–Kier alpha value is -2.97. The summed E-state index contributed by atoms with van der Waals surface area (Å²) in [4.78, 5) is 31.7. The summed E-state index contributed by atoms with van der Waals surface area (Å²) >= 11 is 12.9. The molecular formula is C21H23Cl2N7O. The normalized spacial score (nSPS) is 11.7. The molecule has 0 spiro atoms. The number of pyridine rings is 1. The van der Waals surface area contributed by atoms with Gasteiger partial charge in [0.15, 0.2) is 5.65 Å². The van der Waals surface area contributed by atoms with Gasteiger partial charge in [-0.1, -0.05) is 29.3 Å². The summed E-state index contributed by atoms with van der Waals surface area (Å²) in [6.07, 6.45) is 3.21. The lowest BCUT2D eigenvalue weighted by molar-refractivity contribution is 0.243. The monoisotopic (exact) mass is 459 g/mol. The maximum absolute atomic E-state index is 12.6. The third kappa shape index (κ3) is 5.80. The Labute approximate surface area is 190 Å². The predicted molar refractivity (Wildman–Crippen MR) is 127 cm³/mol. The lowest BCUT2D eigenvalue weighted by Gasteiger charge is -2.21. The van der Waals surface area contributed by atoms with Crippen LogP contribution in [0.3, 0.4) is 0 Å². The highest BCUT2D eigenvalue weighted by Gasteiger charge is 2.20. The predicted octanol–water partition coefficient (Wildman–Crippen LogP) is 5.14. The molecule has 8 nitrogen and oxygen atoms in total. The molecule has 2 amide bonds. The van der Waals surface area contributed by atoms with Gasteiger partial charge in [-0.05, 0) is 39.0 Å². The maximum Gasteiger partial charge on any atom is 0.320 e. The number of amides is 2. The van der Waals surface area contributed by atoms with Crippen LogP contribution in [0.15, 0.2) is 35.5 Å². The summed E-state index contributed by atoms with van der Waals surface area (Å²) in [5, 5.41) is 7.16. The molecule has 0 bridgehead atoms. The van der Waals surface area contributed by atoms with Crippen molar-refractivity contribution in [1.82, 2.24) is 25.2 Å². The fourth-order valence-electron chi connectivity index (χ4n) is 2.70. The first kappa shape index (κ1) is 22.7. The summed E-state index contributed by atoms with van der Waals surface area (Å²) < 4.78 is 0. The van der Waals surface area contributed by atoms with Crippen molar-refractivity contribution in [3.63, 3.8) is 0 Å². The molecule has 0 aliphatic rings. The van der Waals surface area contributed by atoms with Crippen molar-refractivity contribution in [3.8, 4) is 11.1 Å². The van der Waals surface area contributed by atoms with E-state index in [1.165, 1.54) is 0 Å². The van der Waals surface area contributed by atoms with Gasteiger partial charge >= 0.3 is 6.03 Å². The molecule has 162 valence electrons. The van der Waals surface area contributed by atoms with E-state index in [1.807, 2.05) is 34.9 Å². The SMILES string of the molecule is CN(C)/C=N\c1ncc2cc(-c3c(Cl)cccc3Cl)c(NC(=O)NC(C)(C)C)nc2n1.